The Morgan fingerprint density at radius 2 is 1.92 bits per heavy atom. The van der Waals surface area contributed by atoms with Crippen molar-refractivity contribution in [3.05, 3.63) is 58.5 Å². The van der Waals surface area contributed by atoms with Gasteiger partial charge in [-0.05, 0) is 54.6 Å². The Morgan fingerprint density at radius 1 is 1.12 bits per heavy atom. The molecule has 0 aliphatic carbocycles. The highest BCUT2D eigenvalue weighted by molar-refractivity contribution is 8.18. The van der Waals surface area contributed by atoms with Crippen molar-refractivity contribution >= 4 is 34.6 Å². The number of carbonyl (C=O) groups is 1. The van der Waals surface area contributed by atoms with Gasteiger partial charge in [-0.2, -0.15) is 0 Å². The van der Waals surface area contributed by atoms with Crippen molar-refractivity contribution in [3.63, 3.8) is 0 Å². The van der Waals surface area contributed by atoms with E-state index in [0.717, 1.165) is 16.8 Å². The van der Waals surface area contributed by atoms with Crippen LogP contribution in [-0.4, -0.2) is 25.3 Å². The number of amidine groups is 1. The Bertz CT molecular complexity index is 875. The third-order valence-corrected chi connectivity index (χ3v) is 4.62. The Balaban J connectivity index is 1.91. The maximum absolute atomic E-state index is 12.3. The summed E-state index contributed by atoms with van der Waals surface area (Å²) in [5.41, 5.74) is 2.67. The van der Waals surface area contributed by atoms with Gasteiger partial charge in [-0.1, -0.05) is 18.2 Å². The molecule has 5 nitrogen and oxygen atoms in total. The number of ether oxygens (including phenoxy) is 2. The summed E-state index contributed by atoms with van der Waals surface area (Å²) in [5.74, 6) is 1.19. The number of aryl methyl sites for hydroxylation is 1. The van der Waals surface area contributed by atoms with E-state index in [1.165, 1.54) is 11.8 Å². The van der Waals surface area contributed by atoms with Crippen molar-refractivity contribution in [1.82, 2.24) is 5.32 Å². The van der Waals surface area contributed by atoms with Gasteiger partial charge in [0.15, 0.2) is 5.17 Å². The minimum atomic E-state index is -0.179. The van der Waals surface area contributed by atoms with Crippen LogP contribution in [-0.2, 0) is 4.79 Å². The number of hydrogen-bond acceptors (Lipinski definition) is 5. The van der Waals surface area contributed by atoms with Gasteiger partial charge in [0.1, 0.15) is 11.5 Å². The zero-order chi connectivity index (χ0) is 17.8. The average molecular weight is 354 g/mol. The number of aliphatic imine (C=N–C) groups is 1. The molecule has 1 aliphatic heterocycles. The minimum Gasteiger partial charge on any atom is -0.497 e. The molecule has 1 saturated heterocycles. The van der Waals surface area contributed by atoms with Gasteiger partial charge in [0.25, 0.3) is 5.91 Å². The van der Waals surface area contributed by atoms with E-state index in [1.807, 2.05) is 49.4 Å². The van der Waals surface area contributed by atoms with E-state index in [1.54, 1.807) is 20.3 Å². The normalized spacial score (nSPS) is 17.0. The number of amides is 1. The third kappa shape index (κ3) is 3.85. The summed E-state index contributed by atoms with van der Waals surface area (Å²) in [7, 11) is 3.19. The molecule has 3 rings (SSSR count). The summed E-state index contributed by atoms with van der Waals surface area (Å²) in [5, 5.41) is 3.36. The molecule has 0 spiro atoms. The first kappa shape index (κ1) is 17.1. The fraction of sp³-hybridized carbons (Fsp3) is 0.158. The molecule has 1 amide bonds. The first-order valence-electron chi connectivity index (χ1n) is 7.68. The number of nitrogens with zero attached hydrogens (tertiary/aromatic N) is 1. The zero-order valence-electron chi connectivity index (χ0n) is 14.2. The molecule has 0 atom stereocenters. The topological polar surface area (TPSA) is 59.9 Å². The molecule has 0 aromatic heterocycles. The Morgan fingerprint density at radius 3 is 2.64 bits per heavy atom. The van der Waals surface area contributed by atoms with Crippen molar-refractivity contribution in [3.8, 4) is 11.5 Å². The molecule has 1 aliphatic rings. The van der Waals surface area contributed by atoms with Crippen LogP contribution in [0, 0.1) is 6.92 Å². The van der Waals surface area contributed by atoms with E-state index in [2.05, 4.69) is 10.3 Å². The van der Waals surface area contributed by atoms with E-state index in [4.69, 9.17) is 9.47 Å². The molecule has 0 saturated carbocycles. The number of benzene rings is 2. The lowest BCUT2D eigenvalue weighted by atomic mass is 10.1. The molecule has 6 heteroatoms. The molecule has 25 heavy (non-hydrogen) atoms. The number of thioether (sulfide) groups is 1. The van der Waals surface area contributed by atoms with Gasteiger partial charge in [-0.25, -0.2) is 4.99 Å². The molecular formula is C19H18N2O3S. The Kier molecular flexibility index (Phi) is 5.09. The van der Waals surface area contributed by atoms with E-state index < -0.39 is 0 Å². The quantitative estimate of drug-likeness (QED) is 0.846. The summed E-state index contributed by atoms with van der Waals surface area (Å²) < 4.78 is 10.6. The first-order chi connectivity index (χ1) is 12.1. The summed E-state index contributed by atoms with van der Waals surface area (Å²) in [6.07, 6.45) is 1.78. The smallest absolute Gasteiger partial charge is 0.264 e. The number of methoxy groups -OCH3 is 2. The van der Waals surface area contributed by atoms with Crippen molar-refractivity contribution in [1.29, 1.82) is 0 Å². The highest BCUT2D eigenvalue weighted by atomic mass is 32.2. The van der Waals surface area contributed by atoms with Gasteiger partial charge in [-0.15, -0.1) is 0 Å². The van der Waals surface area contributed by atoms with Crippen LogP contribution in [0.3, 0.4) is 0 Å². The van der Waals surface area contributed by atoms with Crippen molar-refractivity contribution < 1.29 is 14.3 Å². The lowest BCUT2D eigenvalue weighted by Crippen LogP contribution is -2.19. The van der Waals surface area contributed by atoms with Gasteiger partial charge in [0.05, 0.1) is 24.8 Å². The maximum atomic E-state index is 12.3. The Hall–Kier alpha value is -2.73. The maximum Gasteiger partial charge on any atom is 0.264 e. The van der Waals surface area contributed by atoms with Crippen molar-refractivity contribution in [2.75, 3.05) is 14.2 Å². The molecule has 1 N–H and O–H groups in total. The van der Waals surface area contributed by atoms with Gasteiger partial charge in [0, 0.05) is 5.56 Å². The van der Waals surface area contributed by atoms with Gasteiger partial charge in [0.2, 0.25) is 0 Å². The van der Waals surface area contributed by atoms with Crippen molar-refractivity contribution in [2.24, 2.45) is 4.99 Å². The molecule has 2 aromatic rings. The molecule has 128 valence electrons. The molecule has 1 heterocycles. The number of para-hydroxylation sites is 1. The largest absolute Gasteiger partial charge is 0.497 e. The second kappa shape index (κ2) is 7.44. The van der Waals surface area contributed by atoms with Crippen LogP contribution in [0.25, 0.3) is 6.08 Å². The lowest BCUT2D eigenvalue weighted by molar-refractivity contribution is -0.115. The number of nitrogens with one attached hydrogen (secondary N) is 1. The molecular weight excluding hydrogens is 336 g/mol. The van der Waals surface area contributed by atoms with Crippen LogP contribution in [0.2, 0.25) is 0 Å². The highest BCUT2D eigenvalue weighted by Crippen LogP contribution is 2.32. The monoisotopic (exact) mass is 354 g/mol. The molecule has 0 unspecified atom stereocenters. The molecule has 1 fully saturated rings. The summed E-state index contributed by atoms with van der Waals surface area (Å²) in [6.45, 7) is 1.98. The summed E-state index contributed by atoms with van der Waals surface area (Å²) in [6, 6.07) is 13.2. The predicted octanol–water partition coefficient (Wildman–Crippen LogP) is 3.90. The third-order valence-electron chi connectivity index (χ3n) is 3.71. The second-order valence-electron chi connectivity index (χ2n) is 5.38. The first-order valence-corrected chi connectivity index (χ1v) is 8.49. The van der Waals surface area contributed by atoms with Crippen molar-refractivity contribution in [2.45, 2.75) is 6.92 Å². The summed E-state index contributed by atoms with van der Waals surface area (Å²) >= 11 is 1.30. The van der Waals surface area contributed by atoms with E-state index in [0.29, 0.717) is 21.6 Å². The fourth-order valence-corrected chi connectivity index (χ4v) is 3.20. The zero-order valence-corrected chi connectivity index (χ0v) is 15.0. The van der Waals surface area contributed by atoms with E-state index >= 15 is 0 Å². The lowest BCUT2D eigenvalue weighted by Gasteiger charge is -2.07. The van der Waals surface area contributed by atoms with Gasteiger partial charge in [-0.3, -0.25) is 4.79 Å². The van der Waals surface area contributed by atoms with Crippen LogP contribution in [0.5, 0.6) is 11.5 Å². The Labute approximate surface area is 150 Å². The molecule has 0 bridgehead atoms. The van der Waals surface area contributed by atoms with Crippen LogP contribution in [0.1, 0.15) is 11.1 Å². The van der Waals surface area contributed by atoms with Crippen LogP contribution < -0.4 is 14.8 Å². The number of carbonyl (C=O) groups excluding carboxylic acids is 1. The predicted molar refractivity (Wildman–Crippen MR) is 102 cm³/mol. The molecule has 0 radical (unpaired) electrons. The highest BCUT2D eigenvalue weighted by Gasteiger charge is 2.24. The van der Waals surface area contributed by atoms with E-state index in [-0.39, 0.29) is 5.91 Å². The standard InChI is InChI=1S/C19H18N2O3S/c1-12-6-4-5-7-15(12)20-19-21-18(22)17(25-19)11-13-10-14(23-2)8-9-16(13)24-3/h4-11H,1-3H3,(H,20,21,22)/b17-11-. The second-order valence-corrected chi connectivity index (χ2v) is 6.41. The minimum absolute atomic E-state index is 0.179. The summed E-state index contributed by atoms with van der Waals surface area (Å²) in [4.78, 5) is 17.3. The van der Waals surface area contributed by atoms with Gasteiger partial charge >= 0.3 is 0 Å². The van der Waals surface area contributed by atoms with Crippen LogP contribution in [0.15, 0.2) is 52.4 Å². The van der Waals surface area contributed by atoms with E-state index in [9.17, 15) is 4.79 Å². The number of rotatable bonds is 4. The SMILES string of the molecule is COc1ccc(OC)c(/C=C2\SC(=Nc3ccccc3C)NC2=O)c1. The van der Waals surface area contributed by atoms with Crippen LogP contribution in [0.4, 0.5) is 5.69 Å². The number of hydrogen-bond donors (Lipinski definition) is 1. The average Bonchev–Trinajstić information content (AvgIpc) is 2.96. The molecule has 2 aromatic carbocycles. The van der Waals surface area contributed by atoms with Gasteiger partial charge < -0.3 is 14.8 Å². The van der Waals surface area contributed by atoms with Crippen LogP contribution >= 0.6 is 11.8 Å². The fourth-order valence-electron chi connectivity index (χ4n) is 2.37.